The van der Waals surface area contributed by atoms with Crippen molar-refractivity contribution in [1.29, 1.82) is 0 Å². The Kier molecular flexibility index (Phi) is 8.50. The van der Waals surface area contributed by atoms with Crippen molar-refractivity contribution in [3.05, 3.63) is 24.3 Å². The Morgan fingerprint density at radius 2 is 1.73 bits per heavy atom. The Morgan fingerprint density at radius 1 is 1.10 bits per heavy atom. The minimum Gasteiger partial charge on any atom is -0.444 e. The van der Waals surface area contributed by atoms with E-state index in [0.29, 0.717) is 43.3 Å². The lowest BCUT2D eigenvalue weighted by atomic mass is 9.92. The Labute approximate surface area is 178 Å². The normalized spacial score (nSPS) is 14.7. The Hall–Kier alpha value is -2.77. The predicted octanol–water partition coefficient (Wildman–Crippen LogP) is 4.19. The summed E-state index contributed by atoms with van der Waals surface area (Å²) in [6.07, 6.45) is 2.69. The molecule has 0 aromatic heterocycles. The van der Waals surface area contributed by atoms with Gasteiger partial charge in [-0.3, -0.25) is 4.79 Å². The number of rotatable bonds is 6. The van der Waals surface area contributed by atoms with Crippen LogP contribution in [0.5, 0.6) is 0 Å². The number of carbonyl (C=O) groups is 3. The number of ether oxygens (including phenoxy) is 1. The first-order chi connectivity index (χ1) is 14.2. The van der Waals surface area contributed by atoms with Crippen LogP contribution in [0, 0.1) is 5.92 Å². The molecule has 1 aliphatic rings. The summed E-state index contributed by atoms with van der Waals surface area (Å²) in [5, 5.41) is 8.27. The molecule has 0 bridgehead atoms. The molecule has 8 heteroatoms. The summed E-state index contributed by atoms with van der Waals surface area (Å²) in [4.78, 5) is 37.8. The highest BCUT2D eigenvalue weighted by molar-refractivity contribution is 5.93. The molecule has 2 rings (SSSR count). The van der Waals surface area contributed by atoms with E-state index in [1.165, 1.54) is 0 Å². The lowest BCUT2D eigenvalue weighted by molar-refractivity contribution is -0.116. The highest BCUT2D eigenvalue weighted by Gasteiger charge is 2.27. The van der Waals surface area contributed by atoms with E-state index in [0.717, 1.165) is 19.3 Å². The minimum absolute atomic E-state index is 0.0558. The van der Waals surface area contributed by atoms with Gasteiger partial charge in [0.2, 0.25) is 5.91 Å². The van der Waals surface area contributed by atoms with Gasteiger partial charge < -0.3 is 25.6 Å². The van der Waals surface area contributed by atoms with Gasteiger partial charge in [-0.15, -0.1) is 0 Å². The Morgan fingerprint density at radius 3 is 2.33 bits per heavy atom. The zero-order valence-corrected chi connectivity index (χ0v) is 18.4. The standard InChI is InChI=1S/C22H34N4O4/c1-5-23-20(28)25-18-8-6-7-17(15-18)24-19(27)10-9-16-11-13-26(14-12-16)21(29)30-22(2,3)4/h6-8,15-16H,5,9-14H2,1-4H3,(H,24,27)(H2,23,25,28). The van der Waals surface area contributed by atoms with Crippen LogP contribution < -0.4 is 16.0 Å². The van der Waals surface area contributed by atoms with Gasteiger partial charge in [-0.05, 0) is 71.1 Å². The number of amides is 4. The molecule has 0 saturated carbocycles. The number of anilines is 2. The maximum atomic E-state index is 12.3. The van der Waals surface area contributed by atoms with Crippen LogP contribution in [0.2, 0.25) is 0 Å². The first-order valence-corrected chi connectivity index (χ1v) is 10.6. The monoisotopic (exact) mass is 418 g/mol. The van der Waals surface area contributed by atoms with E-state index >= 15 is 0 Å². The van der Waals surface area contributed by atoms with Gasteiger partial charge in [0, 0.05) is 37.4 Å². The summed E-state index contributed by atoms with van der Waals surface area (Å²) in [7, 11) is 0. The molecule has 1 heterocycles. The smallest absolute Gasteiger partial charge is 0.410 e. The van der Waals surface area contributed by atoms with Gasteiger partial charge in [0.25, 0.3) is 0 Å². The lowest BCUT2D eigenvalue weighted by Gasteiger charge is -2.33. The molecule has 1 aliphatic heterocycles. The van der Waals surface area contributed by atoms with Crippen LogP contribution in [-0.4, -0.2) is 48.2 Å². The third-order valence-electron chi connectivity index (χ3n) is 4.79. The number of hydrogen-bond donors (Lipinski definition) is 3. The number of nitrogens with one attached hydrogen (secondary N) is 3. The molecule has 166 valence electrons. The molecule has 4 amide bonds. The van der Waals surface area contributed by atoms with Gasteiger partial charge in [-0.2, -0.15) is 0 Å². The first-order valence-electron chi connectivity index (χ1n) is 10.6. The Bertz CT molecular complexity index is 737. The van der Waals surface area contributed by atoms with Crippen LogP contribution >= 0.6 is 0 Å². The fourth-order valence-electron chi connectivity index (χ4n) is 3.30. The molecule has 0 spiro atoms. The van der Waals surface area contributed by atoms with E-state index in [2.05, 4.69) is 16.0 Å². The number of carbonyl (C=O) groups excluding carboxylic acids is 3. The van der Waals surface area contributed by atoms with Gasteiger partial charge in [-0.25, -0.2) is 9.59 Å². The number of benzene rings is 1. The summed E-state index contributed by atoms with van der Waals surface area (Å²) in [6.45, 7) is 9.30. The van der Waals surface area contributed by atoms with Crippen LogP contribution in [0.15, 0.2) is 24.3 Å². The molecule has 1 aromatic carbocycles. The van der Waals surface area contributed by atoms with Crippen molar-refractivity contribution in [1.82, 2.24) is 10.2 Å². The molecule has 0 unspecified atom stereocenters. The number of urea groups is 1. The third kappa shape index (κ3) is 8.31. The molecule has 3 N–H and O–H groups in total. The van der Waals surface area contributed by atoms with Crippen molar-refractivity contribution < 1.29 is 19.1 Å². The van der Waals surface area contributed by atoms with Crippen molar-refractivity contribution in [2.45, 2.75) is 59.0 Å². The summed E-state index contributed by atoms with van der Waals surface area (Å²) in [5.41, 5.74) is 0.779. The summed E-state index contributed by atoms with van der Waals surface area (Å²) in [6, 6.07) is 6.79. The largest absolute Gasteiger partial charge is 0.444 e. The number of hydrogen-bond acceptors (Lipinski definition) is 4. The average Bonchev–Trinajstić information content (AvgIpc) is 2.66. The third-order valence-corrected chi connectivity index (χ3v) is 4.79. The second kappa shape index (κ2) is 10.8. The van der Waals surface area contributed by atoms with Crippen molar-refractivity contribution in [2.75, 3.05) is 30.3 Å². The van der Waals surface area contributed by atoms with Gasteiger partial charge >= 0.3 is 12.1 Å². The van der Waals surface area contributed by atoms with Crippen LogP contribution in [0.25, 0.3) is 0 Å². The molecule has 1 fully saturated rings. The van der Waals surface area contributed by atoms with Gasteiger partial charge in [0.1, 0.15) is 5.60 Å². The highest BCUT2D eigenvalue weighted by atomic mass is 16.6. The van der Waals surface area contributed by atoms with E-state index < -0.39 is 5.60 Å². The molecule has 1 aromatic rings. The summed E-state index contributed by atoms with van der Waals surface area (Å²) >= 11 is 0. The van der Waals surface area contributed by atoms with Gasteiger partial charge in [0.05, 0.1) is 0 Å². The number of nitrogens with zero attached hydrogens (tertiary/aromatic N) is 1. The zero-order valence-electron chi connectivity index (χ0n) is 18.4. The second-order valence-electron chi connectivity index (χ2n) is 8.56. The average molecular weight is 419 g/mol. The van der Waals surface area contributed by atoms with E-state index in [1.807, 2.05) is 27.7 Å². The summed E-state index contributed by atoms with van der Waals surface area (Å²) in [5.74, 6) is 0.361. The minimum atomic E-state index is -0.487. The van der Waals surface area contributed by atoms with E-state index in [1.54, 1.807) is 29.2 Å². The van der Waals surface area contributed by atoms with Gasteiger partial charge in [-0.1, -0.05) is 6.07 Å². The van der Waals surface area contributed by atoms with Crippen molar-refractivity contribution in [3.63, 3.8) is 0 Å². The fraction of sp³-hybridized carbons (Fsp3) is 0.591. The molecular formula is C22H34N4O4. The highest BCUT2D eigenvalue weighted by Crippen LogP contribution is 2.24. The van der Waals surface area contributed by atoms with Crippen molar-refractivity contribution in [3.8, 4) is 0 Å². The topological polar surface area (TPSA) is 99.8 Å². The zero-order chi connectivity index (χ0) is 22.1. The molecular weight excluding hydrogens is 384 g/mol. The molecule has 0 aliphatic carbocycles. The predicted molar refractivity (Wildman–Crippen MR) is 118 cm³/mol. The number of likely N-dealkylation sites (tertiary alicyclic amines) is 1. The van der Waals surface area contributed by atoms with Crippen molar-refractivity contribution in [2.24, 2.45) is 5.92 Å². The maximum Gasteiger partial charge on any atom is 0.410 e. The maximum absolute atomic E-state index is 12.3. The molecule has 0 radical (unpaired) electrons. The van der Waals surface area contributed by atoms with E-state index in [-0.39, 0.29) is 18.0 Å². The van der Waals surface area contributed by atoms with Gasteiger partial charge in [0.15, 0.2) is 0 Å². The van der Waals surface area contributed by atoms with E-state index in [4.69, 9.17) is 4.74 Å². The van der Waals surface area contributed by atoms with Crippen LogP contribution in [0.1, 0.15) is 53.4 Å². The molecule has 1 saturated heterocycles. The molecule has 8 nitrogen and oxygen atoms in total. The fourth-order valence-corrected chi connectivity index (χ4v) is 3.30. The SMILES string of the molecule is CCNC(=O)Nc1cccc(NC(=O)CCC2CCN(C(=O)OC(C)(C)C)CC2)c1. The molecule has 30 heavy (non-hydrogen) atoms. The van der Waals surface area contributed by atoms with Crippen LogP contribution in [0.3, 0.4) is 0 Å². The molecule has 0 atom stereocenters. The van der Waals surface area contributed by atoms with Crippen LogP contribution in [0.4, 0.5) is 21.0 Å². The first kappa shape index (κ1) is 23.5. The Balaban J connectivity index is 1.73. The lowest BCUT2D eigenvalue weighted by Crippen LogP contribution is -2.41. The second-order valence-corrected chi connectivity index (χ2v) is 8.56. The summed E-state index contributed by atoms with van der Waals surface area (Å²) < 4.78 is 5.42. The number of piperidine rings is 1. The van der Waals surface area contributed by atoms with Crippen molar-refractivity contribution >= 4 is 29.4 Å². The van der Waals surface area contributed by atoms with E-state index in [9.17, 15) is 14.4 Å². The van der Waals surface area contributed by atoms with Crippen LogP contribution in [-0.2, 0) is 9.53 Å². The quantitative estimate of drug-likeness (QED) is 0.645.